The number of halogens is 3. The normalized spacial score (nSPS) is 19.4. The van der Waals surface area contributed by atoms with Crippen molar-refractivity contribution < 1.29 is 18.0 Å². The average molecular weight is 367 g/mol. The molecule has 0 unspecified atom stereocenters. The van der Waals surface area contributed by atoms with Gasteiger partial charge >= 0.3 is 6.18 Å². The molecule has 9 heteroatoms. The van der Waals surface area contributed by atoms with Gasteiger partial charge < -0.3 is 10.6 Å². The number of likely N-dealkylation sites (tertiary alicyclic amines) is 1. The molecule has 1 saturated heterocycles. The maximum absolute atomic E-state index is 12.8. The molecule has 2 heterocycles. The lowest BCUT2D eigenvalue weighted by molar-refractivity contribution is -0.137. The number of rotatable bonds is 3. The number of piperidine rings is 1. The minimum atomic E-state index is -4.45. The van der Waals surface area contributed by atoms with Crippen molar-refractivity contribution in [2.45, 2.75) is 32.0 Å². The van der Waals surface area contributed by atoms with Crippen LogP contribution in [-0.4, -0.2) is 44.9 Å². The van der Waals surface area contributed by atoms with Gasteiger partial charge in [0, 0.05) is 19.1 Å². The number of benzene rings is 1. The summed E-state index contributed by atoms with van der Waals surface area (Å²) in [5, 5.41) is 7.65. The molecule has 0 radical (unpaired) electrons. The molecule has 1 aromatic heterocycles. The standard InChI is InChI=1S/C17H20F3N5O/c1-11(21)12-4-3-7-24(9-12)16(26)15-10-25(23-22-15)14-6-2-5-13(8-14)17(18,19)20/h2,5-6,8,10-12H,3-4,7,9,21H2,1H3/t11-,12+/m1/s1. The van der Waals surface area contributed by atoms with Crippen LogP contribution < -0.4 is 5.73 Å². The van der Waals surface area contributed by atoms with Crippen molar-refractivity contribution in [3.63, 3.8) is 0 Å². The van der Waals surface area contributed by atoms with Crippen LogP contribution in [0.1, 0.15) is 35.8 Å². The lowest BCUT2D eigenvalue weighted by Gasteiger charge is -2.34. The van der Waals surface area contributed by atoms with Gasteiger partial charge in [-0.1, -0.05) is 11.3 Å². The summed E-state index contributed by atoms with van der Waals surface area (Å²) in [6.45, 7) is 3.08. The molecule has 0 bridgehead atoms. The van der Waals surface area contributed by atoms with Crippen LogP contribution >= 0.6 is 0 Å². The largest absolute Gasteiger partial charge is 0.416 e. The van der Waals surface area contributed by atoms with Crippen molar-refractivity contribution in [1.29, 1.82) is 0 Å². The molecular formula is C17H20F3N5O. The third kappa shape index (κ3) is 3.87. The van der Waals surface area contributed by atoms with E-state index in [0.29, 0.717) is 13.1 Å². The first-order chi connectivity index (χ1) is 12.3. The van der Waals surface area contributed by atoms with Crippen molar-refractivity contribution in [2.75, 3.05) is 13.1 Å². The van der Waals surface area contributed by atoms with Crippen LogP contribution in [0.4, 0.5) is 13.2 Å². The summed E-state index contributed by atoms with van der Waals surface area (Å²) in [6.07, 6.45) is -1.26. The van der Waals surface area contributed by atoms with E-state index in [1.807, 2.05) is 6.92 Å². The van der Waals surface area contributed by atoms with Gasteiger partial charge in [0.25, 0.3) is 5.91 Å². The first-order valence-corrected chi connectivity index (χ1v) is 8.40. The number of aromatic nitrogens is 3. The molecule has 2 aromatic rings. The number of nitrogens with two attached hydrogens (primary N) is 1. The topological polar surface area (TPSA) is 77.0 Å². The highest BCUT2D eigenvalue weighted by atomic mass is 19.4. The molecule has 0 aliphatic carbocycles. The predicted octanol–water partition coefficient (Wildman–Crippen LogP) is 2.49. The van der Waals surface area contributed by atoms with Crippen LogP contribution in [0.5, 0.6) is 0 Å². The molecule has 2 atom stereocenters. The molecule has 140 valence electrons. The second kappa shape index (κ2) is 7.06. The fraction of sp³-hybridized carbons (Fsp3) is 0.471. The molecule has 1 amide bonds. The number of carbonyl (C=O) groups excluding carboxylic acids is 1. The Kier molecular flexibility index (Phi) is 4.99. The fourth-order valence-corrected chi connectivity index (χ4v) is 3.10. The highest BCUT2D eigenvalue weighted by Crippen LogP contribution is 2.30. The van der Waals surface area contributed by atoms with Gasteiger partial charge in [0.15, 0.2) is 5.69 Å². The van der Waals surface area contributed by atoms with Crippen LogP contribution in [0.25, 0.3) is 5.69 Å². The van der Waals surface area contributed by atoms with Crippen molar-refractivity contribution in [3.8, 4) is 5.69 Å². The number of amides is 1. The van der Waals surface area contributed by atoms with E-state index in [2.05, 4.69) is 10.3 Å². The summed E-state index contributed by atoms with van der Waals surface area (Å²) < 4.78 is 39.7. The van der Waals surface area contributed by atoms with Gasteiger partial charge in [0.1, 0.15) is 0 Å². The molecule has 2 N–H and O–H groups in total. The Morgan fingerprint density at radius 1 is 1.38 bits per heavy atom. The smallest absolute Gasteiger partial charge is 0.337 e. The SMILES string of the molecule is C[C@@H](N)[C@H]1CCCN(C(=O)c2cn(-c3cccc(C(F)(F)F)c3)nn2)C1. The Morgan fingerprint density at radius 2 is 2.15 bits per heavy atom. The van der Waals surface area contributed by atoms with E-state index < -0.39 is 11.7 Å². The monoisotopic (exact) mass is 367 g/mol. The molecule has 1 aromatic carbocycles. The molecular weight excluding hydrogens is 347 g/mol. The van der Waals surface area contributed by atoms with Crippen LogP contribution in [0.15, 0.2) is 30.5 Å². The number of carbonyl (C=O) groups is 1. The van der Waals surface area contributed by atoms with Crippen molar-refractivity contribution in [2.24, 2.45) is 11.7 Å². The summed E-state index contributed by atoms with van der Waals surface area (Å²) >= 11 is 0. The summed E-state index contributed by atoms with van der Waals surface area (Å²) in [7, 11) is 0. The van der Waals surface area contributed by atoms with Crippen molar-refractivity contribution >= 4 is 5.91 Å². The van der Waals surface area contributed by atoms with E-state index in [-0.39, 0.29) is 29.2 Å². The van der Waals surface area contributed by atoms with E-state index in [1.54, 1.807) is 4.90 Å². The van der Waals surface area contributed by atoms with E-state index in [0.717, 1.165) is 25.0 Å². The Labute approximate surface area is 148 Å². The number of hydrogen-bond acceptors (Lipinski definition) is 4. The minimum absolute atomic E-state index is 0.00797. The zero-order chi connectivity index (χ0) is 18.9. The Hall–Kier alpha value is -2.42. The van der Waals surface area contributed by atoms with Crippen molar-refractivity contribution in [3.05, 3.63) is 41.7 Å². The summed E-state index contributed by atoms with van der Waals surface area (Å²) in [5.74, 6) is -0.0558. The van der Waals surface area contributed by atoms with Gasteiger partial charge in [0.2, 0.25) is 0 Å². The van der Waals surface area contributed by atoms with Gasteiger partial charge in [-0.2, -0.15) is 13.2 Å². The molecule has 0 spiro atoms. The number of alkyl halides is 3. The quantitative estimate of drug-likeness (QED) is 0.904. The van der Waals surface area contributed by atoms with Crippen LogP contribution in [0, 0.1) is 5.92 Å². The van der Waals surface area contributed by atoms with Crippen LogP contribution in [0.3, 0.4) is 0 Å². The summed E-state index contributed by atoms with van der Waals surface area (Å²) in [4.78, 5) is 14.3. The van der Waals surface area contributed by atoms with Crippen molar-refractivity contribution in [1.82, 2.24) is 19.9 Å². The maximum Gasteiger partial charge on any atom is 0.416 e. The Bertz CT molecular complexity index is 787. The second-order valence-corrected chi connectivity index (χ2v) is 6.61. The number of hydrogen-bond donors (Lipinski definition) is 1. The highest BCUT2D eigenvalue weighted by Gasteiger charge is 2.31. The third-order valence-corrected chi connectivity index (χ3v) is 4.64. The zero-order valence-corrected chi connectivity index (χ0v) is 14.3. The van der Waals surface area contributed by atoms with E-state index in [1.165, 1.54) is 23.0 Å². The molecule has 3 rings (SSSR count). The van der Waals surface area contributed by atoms with Crippen LogP contribution in [-0.2, 0) is 6.18 Å². The van der Waals surface area contributed by atoms with Gasteiger partial charge in [-0.25, -0.2) is 4.68 Å². The fourth-order valence-electron chi connectivity index (χ4n) is 3.10. The lowest BCUT2D eigenvalue weighted by Crippen LogP contribution is -2.45. The predicted molar refractivity (Wildman–Crippen MR) is 88.6 cm³/mol. The first-order valence-electron chi connectivity index (χ1n) is 8.40. The second-order valence-electron chi connectivity index (χ2n) is 6.61. The summed E-state index contributed by atoms with van der Waals surface area (Å²) in [5.41, 5.74) is 5.45. The molecule has 1 aliphatic rings. The van der Waals surface area contributed by atoms with E-state index in [9.17, 15) is 18.0 Å². The maximum atomic E-state index is 12.8. The minimum Gasteiger partial charge on any atom is -0.337 e. The van der Waals surface area contributed by atoms with Gasteiger partial charge in [-0.3, -0.25) is 4.79 Å². The van der Waals surface area contributed by atoms with Crippen LogP contribution in [0.2, 0.25) is 0 Å². The lowest BCUT2D eigenvalue weighted by atomic mass is 9.92. The van der Waals surface area contributed by atoms with Gasteiger partial charge in [-0.05, 0) is 43.9 Å². The molecule has 1 aliphatic heterocycles. The van der Waals surface area contributed by atoms with E-state index >= 15 is 0 Å². The Morgan fingerprint density at radius 3 is 2.85 bits per heavy atom. The number of nitrogens with zero attached hydrogens (tertiary/aromatic N) is 4. The molecule has 26 heavy (non-hydrogen) atoms. The summed E-state index contributed by atoms with van der Waals surface area (Å²) in [6, 6.07) is 4.71. The zero-order valence-electron chi connectivity index (χ0n) is 14.3. The highest BCUT2D eigenvalue weighted by molar-refractivity contribution is 5.92. The molecule has 0 saturated carbocycles. The van der Waals surface area contributed by atoms with Gasteiger partial charge in [0.05, 0.1) is 17.4 Å². The molecule has 1 fully saturated rings. The third-order valence-electron chi connectivity index (χ3n) is 4.64. The first kappa shape index (κ1) is 18.4. The van der Waals surface area contributed by atoms with Gasteiger partial charge in [-0.15, -0.1) is 5.10 Å². The average Bonchev–Trinajstić information content (AvgIpc) is 3.10. The molecule has 6 nitrogen and oxygen atoms in total. The Balaban J connectivity index is 1.78. The van der Waals surface area contributed by atoms with E-state index in [4.69, 9.17) is 5.73 Å².